The molecule has 0 fully saturated rings. The molecule has 0 atom stereocenters. The highest BCUT2D eigenvalue weighted by atomic mass is 79.9. The zero-order chi connectivity index (χ0) is 21.5. The number of fused-ring (bicyclic) bond motifs is 1. The lowest BCUT2D eigenvalue weighted by Gasteiger charge is -2.12. The molecule has 10 heteroatoms. The number of alkyl halides is 3. The summed E-state index contributed by atoms with van der Waals surface area (Å²) in [4.78, 5) is 17.0. The molecule has 0 aliphatic carbocycles. The molecule has 30 heavy (non-hydrogen) atoms. The first kappa shape index (κ1) is 20.5. The van der Waals surface area contributed by atoms with Crippen LogP contribution in [0.1, 0.15) is 16.1 Å². The number of anilines is 1. The Hall–Kier alpha value is -2.72. The molecule has 0 radical (unpaired) electrons. The SMILES string of the molecule is O=C(Nc1ccc(Br)cc1)c1cnn2c(C(F)(F)F)cc(-c3ccc(Br)cc3)nc12. The van der Waals surface area contributed by atoms with E-state index < -0.39 is 17.8 Å². The molecule has 1 N–H and O–H groups in total. The van der Waals surface area contributed by atoms with Crippen LogP contribution < -0.4 is 5.32 Å². The number of aromatic nitrogens is 3. The number of hydrogen-bond acceptors (Lipinski definition) is 3. The van der Waals surface area contributed by atoms with Gasteiger partial charge in [0, 0.05) is 20.2 Å². The molecular weight excluding hydrogens is 529 g/mol. The van der Waals surface area contributed by atoms with Gasteiger partial charge in [-0.15, -0.1) is 0 Å². The van der Waals surface area contributed by atoms with Crippen LogP contribution in [0.2, 0.25) is 0 Å². The third-order valence-electron chi connectivity index (χ3n) is 4.25. The van der Waals surface area contributed by atoms with Crippen LogP contribution in [0.5, 0.6) is 0 Å². The molecule has 0 aliphatic heterocycles. The quantitative estimate of drug-likeness (QED) is 0.337. The largest absolute Gasteiger partial charge is 0.433 e. The molecular formula is C20H11Br2F3N4O. The van der Waals surface area contributed by atoms with Crippen LogP contribution in [-0.2, 0) is 6.18 Å². The first-order valence-corrected chi connectivity index (χ1v) is 10.1. The zero-order valence-electron chi connectivity index (χ0n) is 14.9. The summed E-state index contributed by atoms with van der Waals surface area (Å²) in [6.07, 6.45) is -3.60. The molecule has 0 unspecified atom stereocenters. The van der Waals surface area contributed by atoms with Gasteiger partial charge in [0.05, 0.1) is 11.9 Å². The highest BCUT2D eigenvalue weighted by molar-refractivity contribution is 9.10. The Morgan fingerprint density at radius 2 is 1.57 bits per heavy atom. The first-order valence-electron chi connectivity index (χ1n) is 8.51. The summed E-state index contributed by atoms with van der Waals surface area (Å²) in [5.74, 6) is -0.610. The van der Waals surface area contributed by atoms with Gasteiger partial charge in [-0.05, 0) is 42.5 Å². The smallest absolute Gasteiger partial charge is 0.322 e. The highest BCUT2D eigenvalue weighted by Crippen LogP contribution is 2.33. The molecule has 5 nitrogen and oxygen atoms in total. The maximum atomic E-state index is 13.7. The second kappa shape index (κ2) is 7.84. The number of nitrogens with one attached hydrogen (secondary N) is 1. The van der Waals surface area contributed by atoms with Gasteiger partial charge >= 0.3 is 6.18 Å². The van der Waals surface area contributed by atoms with Gasteiger partial charge < -0.3 is 5.32 Å². The predicted molar refractivity (Wildman–Crippen MR) is 113 cm³/mol. The van der Waals surface area contributed by atoms with Crippen LogP contribution in [0.3, 0.4) is 0 Å². The monoisotopic (exact) mass is 538 g/mol. The van der Waals surface area contributed by atoms with Crippen molar-refractivity contribution in [3.63, 3.8) is 0 Å². The summed E-state index contributed by atoms with van der Waals surface area (Å²) in [5.41, 5.74) is -0.220. The van der Waals surface area contributed by atoms with Gasteiger partial charge in [0.15, 0.2) is 11.3 Å². The van der Waals surface area contributed by atoms with E-state index in [1.807, 2.05) is 0 Å². The zero-order valence-corrected chi connectivity index (χ0v) is 18.1. The van der Waals surface area contributed by atoms with Gasteiger partial charge in [0.1, 0.15) is 5.56 Å². The van der Waals surface area contributed by atoms with E-state index in [1.165, 1.54) is 0 Å². The van der Waals surface area contributed by atoms with Crippen LogP contribution in [0.15, 0.2) is 69.7 Å². The molecule has 0 saturated carbocycles. The van der Waals surface area contributed by atoms with E-state index >= 15 is 0 Å². The molecule has 0 spiro atoms. The van der Waals surface area contributed by atoms with Crippen molar-refractivity contribution < 1.29 is 18.0 Å². The second-order valence-corrected chi connectivity index (χ2v) is 8.12. The summed E-state index contributed by atoms with van der Waals surface area (Å²) in [6.45, 7) is 0. The Morgan fingerprint density at radius 1 is 0.967 bits per heavy atom. The van der Waals surface area contributed by atoms with E-state index in [2.05, 4.69) is 47.3 Å². The summed E-state index contributed by atoms with van der Waals surface area (Å²) < 4.78 is 43.3. The van der Waals surface area contributed by atoms with E-state index in [9.17, 15) is 18.0 Å². The molecule has 0 bridgehead atoms. The molecule has 152 valence electrons. The predicted octanol–water partition coefficient (Wildman–Crippen LogP) is 6.19. The van der Waals surface area contributed by atoms with Crippen LogP contribution in [-0.4, -0.2) is 20.5 Å². The number of hydrogen-bond donors (Lipinski definition) is 1. The Labute approximate surface area is 185 Å². The number of rotatable bonds is 3. The van der Waals surface area contributed by atoms with Crippen LogP contribution in [0, 0.1) is 0 Å². The topological polar surface area (TPSA) is 59.3 Å². The van der Waals surface area contributed by atoms with Gasteiger partial charge in [-0.2, -0.15) is 18.3 Å². The minimum absolute atomic E-state index is 0.0672. The fraction of sp³-hybridized carbons (Fsp3) is 0.0500. The lowest BCUT2D eigenvalue weighted by Crippen LogP contribution is -2.15. The van der Waals surface area contributed by atoms with Crippen molar-refractivity contribution >= 4 is 49.1 Å². The molecule has 2 heterocycles. The molecule has 2 aromatic carbocycles. The number of halogens is 5. The number of nitrogens with zero attached hydrogens (tertiary/aromatic N) is 3. The normalized spacial score (nSPS) is 11.6. The highest BCUT2D eigenvalue weighted by Gasteiger charge is 2.36. The van der Waals surface area contributed by atoms with Crippen molar-refractivity contribution in [3.05, 3.63) is 81.0 Å². The van der Waals surface area contributed by atoms with Gasteiger partial charge in [0.25, 0.3) is 5.91 Å². The lowest BCUT2D eigenvalue weighted by atomic mass is 10.1. The molecule has 4 aromatic rings. The van der Waals surface area contributed by atoms with Crippen molar-refractivity contribution in [2.24, 2.45) is 0 Å². The van der Waals surface area contributed by atoms with Gasteiger partial charge in [-0.3, -0.25) is 4.79 Å². The Balaban J connectivity index is 1.83. The Kier molecular flexibility index (Phi) is 5.37. The molecule has 0 aliphatic rings. The van der Waals surface area contributed by atoms with Crippen molar-refractivity contribution in [3.8, 4) is 11.3 Å². The van der Waals surface area contributed by atoms with E-state index in [1.54, 1.807) is 48.5 Å². The third kappa shape index (κ3) is 4.10. The maximum absolute atomic E-state index is 13.7. The van der Waals surface area contributed by atoms with Gasteiger partial charge in [-0.25, -0.2) is 9.50 Å². The summed E-state index contributed by atoms with van der Waals surface area (Å²) in [5, 5.41) is 6.42. The Bertz CT molecular complexity index is 1240. The third-order valence-corrected chi connectivity index (χ3v) is 5.31. The Morgan fingerprint density at radius 3 is 2.17 bits per heavy atom. The van der Waals surface area contributed by atoms with Crippen LogP contribution >= 0.6 is 31.9 Å². The fourth-order valence-electron chi connectivity index (χ4n) is 2.83. The van der Waals surface area contributed by atoms with Crippen molar-refractivity contribution in [1.29, 1.82) is 0 Å². The molecule has 1 amide bonds. The van der Waals surface area contributed by atoms with Gasteiger partial charge in [0.2, 0.25) is 0 Å². The molecule has 4 rings (SSSR count). The van der Waals surface area contributed by atoms with Crippen LogP contribution in [0.25, 0.3) is 16.9 Å². The molecule has 0 saturated heterocycles. The van der Waals surface area contributed by atoms with Crippen molar-refractivity contribution in [1.82, 2.24) is 14.6 Å². The average Bonchev–Trinajstić information content (AvgIpc) is 3.13. The van der Waals surface area contributed by atoms with Crippen LogP contribution in [0.4, 0.5) is 18.9 Å². The number of carbonyl (C=O) groups is 1. The first-order chi connectivity index (χ1) is 14.2. The lowest BCUT2D eigenvalue weighted by molar-refractivity contribution is -0.142. The standard InChI is InChI=1S/C20H11Br2F3N4O/c21-12-3-1-11(2-4-12)16-9-17(20(23,24)25)29-18(28-16)15(10-26-29)19(30)27-14-7-5-13(22)6-8-14/h1-10H,(H,27,30). The van der Waals surface area contributed by atoms with E-state index in [0.29, 0.717) is 15.8 Å². The molecule has 2 aromatic heterocycles. The number of benzene rings is 2. The maximum Gasteiger partial charge on any atom is 0.433 e. The van der Waals surface area contributed by atoms with Crippen molar-refractivity contribution in [2.75, 3.05) is 5.32 Å². The number of amides is 1. The van der Waals surface area contributed by atoms with Crippen molar-refractivity contribution in [2.45, 2.75) is 6.18 Å². The van der Waals surface area contributed by atoms with E-state index in [-0.39, 0.29) is 16.9 Å². The number of carbonyl (C=O) groups excluding carboxylic acids is 1. The van der Waals surface area contributed by atoms with E-state index in [4.69, 9.17) is 0 Å². The minimum Gasteiger partial charge on any atom is -0.322 e. The summed E-state index contributed by atoms with van der Waals surface area (Å²) in [7, 11) is 0. The van der Waals surface area contributed by atoms with Gasteiger partial charge in [-0.1, -0.05) is 44.0 Å². The minimum atomic E-state index is -4.68. The summed E-state index contributed by atoms with van der Waals surface area (Å²) in [6, 6.07) is 14.4. The van der Waals surface area contributed by atoms with E-state index in [0.717, 1.165) is 21.2 Å². The second-order valence-electron chi connectivity index (χ2n) is 6.29. The fourth-order valence-corrected chi connectivity index (χ4v) is 3.35. The average molecular weight is 540 g/mol. The summed E-state index contributed by atoms with van der Waals surface area (Å²) >= 11 is 6.59.